The molecule has 0 bridgehead atoms. The molecule has 0 aliphatic carbocycles. The van der Waals surface area contributed by atoms with Crippen LogP contribution >= 0.6 is 15.9 Å². The Kier molecular flexibility index (Phi) is 13.0. The molecule has 0 aromatic heterocycles. The van der Waals surface area contributed by atoms with Crippen LogP contribution in [0.3, 0.4) is 0 Å². The van der Waals surface area contributed by atoms with Gasteiger partial charge in [-0.3, -0.25) is 9.59 Å². The van der Waals surface area contributed by atoms with Crippen LogP contribution in [0, 0.1) is 11.8 Å². The predicted molar refractivity (Wildman–Crippen MR) is 203 cm³/mol. The lowest BCUT2D eigenvalue weighted by Gasteiger charge is -2.46. The van der Waals surface area contributed by atoms with Crippen LogP contribution < -0.4 is 10.4 Å². The molecule has 0 unspecified atom stereocenters. The van der Waals surface area contributed by atoms with Gasteiger partial charge in [-0.1, -0.05) is 141 Å². The molecule has 0 amide bonds. The third-order valence-corrected chi connectivity index (χ3v) is 14.9. The second kappa shape index (κ2) is 16.4. The number of hydrogen-bond donors (Lipinski definition) is 0. The summed E-state index contributed by atoms with van der Waals surface area (Å²) in [5.74, 6) is -1.81. The molecule has 8 heteroatoms. The van der Waals surface area contributed by atoms with Crippen LogP contribution in [-0.2, 0) is 28.2 Å². The zero-order valence-corrected chi connectivity index (χ0v) is 33.0. The number of ether oxygens (including phenoxy) is 3. The zero-order chi connectivity index (χ0) is 36.0. The van der Waals surface area contributed by atoms with Crippen LogP contribution in [0.25, 0.3) is 0 Å². The molecule has 4 rings (SSSR count). The highest BCUT2D eigenvalue weighted by Gasteiger charge is 2.52. The van der Waals surface area contributed by atoms with E-state index in [0.717, 1.165) is 20.4 Å². The molecule has 1 saturated heterocycles. The molecule has 1 fully saturated rings. The number of rotatable bonds is 5. The average molecular weight is 750 g/mol. The zero-order valence-electron chi connectivity index (χ0n) is 30.4. The molecule has 2 aliphatic heterocycles. The Balaban J connectivity index is 1.72. The summed E-state index contributed by atoms with van der Waals surface area (Å²) in [7, 11) is -2.93. The number of carbonyl (C=O) groups is 2. The summed E-state index contributed by atoms with van der Waals surface area (Å²) in [6.07, 6.45) is 10.1. The number of cyclic esters (lactones) is 1. The summed E-state index contributed by atoms with van der Waals surface area (Å²) in [5, 5.41) is 2.08. The number of allylic oxidation sites excluding steroid dienone is 6. The van der Waals surface area contributed by atoms with Crippen LogP contribution in [0.2, 0.25) is 5.04 Å². The number of carbonyl (C=O) groups excluding carboxylic acids is 2. The monoisotopic (exact) mass is 748 g/mol. The van der Waals surface area contributed by atoms with Crippen molar-refractivity contribution in [3.8, 4) is 0 Å². The first-order valence-corrected chi connectivity index (χ1v) is 20.0. The lowest BCUT2D eigenvalue weighted by atomic mass is 9.93. The van der Waals surface area contributed by atoms with Crippen LogP contribution in [0.15, 0.2) is 107 Å². The normalized spacial score (nSPS) is 30.0. The van der Waals surface area contributed by atoms with E-state index in [0.29, 0.717) is 6.42 Å². The minimum atomic E-state index is -2.93. The molecule has 2 aliphatic rings. The molecule has 0 spiro atoms. The molecule has 2 aromatic rings. The van der Waals surface area contributed by atoms with Gasteiger partial charge in [-0.05, 0) is 61.7 Å². The van der Waals surface area contributed by atoms with E-state index in [1.54, 1.807) is 6.08 Å². The number of esters is 1. The fraction of sp³-hybridized carbons (Fsp3) is 0.463. The highest BCUT2D eigenvalue weighted by molar-refractivity contribution is 9.11. The van der Waals surface area contributed by atoms with Crippen molar-refractivity contribution in [2.45, 2.75) is 110 Å². The summed E-state index contributed by atoms with van der Waals surface area (Å²) in [6, 6.07) is 20.9. The van der Waals surface area contributed by atoms with Gasteiger partial charge in [0.2, 0.25) is 0 Å². The standard InChI is InChI=1S/C41H53BrO6Si/c1-28-24-25-35(43)30(3)39-36(46-41(8,9)47-39)27-32(42)18-16-17-23-37(44)45-38(29(2)26-28)31(4)48-49(40(5,6)7,33-19-12-10-13-20-33)34-21-14-11-15-22-34/h10-16,18-22,24-27,29-31,36,38-39H,17,23H2,1-9H3/b18-16+,25-24+,28-26+,32-27-/t29-,30-,31-,36+,38+,39-/m1/s1. The Hall–Kier alpha value is -2.88. The van der Waals surface area contributed by atoms with Gasteiger partial charge in [0, 0.05) is 22.7 Å². The van der Waals surface area contributed by atoms with E-state index < -0.39 is 44.4 Å². The average Bonchev–Trinajstić information content (AvgIpc) is 3.35. The first-order chi connectivity index (χ1) is 23.0. The highest BCUT2D eigenvalue weighted by Crippen LogP contribution is 2.39. The molecule has 264 valence electrons. The number of halogens is 1. The Labute approximate surface area is 302 Å². The van der Waals surface area contributed by atoms with E-state index in [9.17, 15) is 9.59 Å². The van der Waals surface area contributed by atoms with Crippen LogP contribution in [0.5, 0.6) is 0 Å². The second-order valence-corrected chi connectivity index (χ2v) is 20.0. The number of hydrogen-bond acceptors (Lipinski definition) is 6. The maximum Gasteiger partial charge on any atom is 0.306 e. The summed E-state index contributed by atoms with van der Waals surface area (Å²) >= 11 is 3.62. The third-order valence-electron chi connectivity index (χ3n) is 9.29. The van der Waals surface area contributed by atoms with E-state index in [1.165, 1.54) is 0 Å². The van der Waals surface area contributed by atoms with Crippen LogP contribution in [0.4, 0.5) is 0 Å². The number of fused-ring (bicyclic) bond motifs is 1. The topological polar surface area (TPSA) is 71.1 Å². The maximum absolute atomic E-state index is 13.5. The molecule has 6 nitrogen and oxygen atoms in total. The van der Waals surface area contributed by atoms with Crippen molar-refractivity contribution in [1.82, 2.24) is 0 Å². The first kappa shape index (κ1) is 38.9. The second-order valence-electron chi connectivity index (χ2n) is 14.8. The highest BCUT2D eigenvalue weighted by atomic mass is 79.9. The van der Waals surface area contributed by atoms with Crippen molar-refractivity contribution >= 4 is 46.4 Å². The van der Waals surface area contributed by atoms with E-state index >= 15 is 0 Å². The summed E-state index contributed by atoms with van der Waals surface area (Å²) in [4.78, 5) is 26.9. The lowest BCUT2D eigenvalue weighted by Crippen LogP contribution is -2.68. The van der Waals surface area contributed by atoms with E-state index in [4.69, 9.17) is 18.6 Å². The van der Waals surface area contributed by atoms with Crippen molar-refractivity contribution in [2.24, 2.45) is 11.8 Å². The summed E-state index contributed by atoms with van der Waals surface area (Å²) in [6.45, 7) is 18.3. The minimum Gasteiger partial charge on any atom is -0.459 e. The van der Waals surface area contributed by atoms with Crippen molar-refractivity contribution in [3.63, 3.8) is 0 Å². The maximum atomic E-state index is 13.5. The fourth-order valence-electron chi connectivity index (χ4n) is 6.91. The molecule has 2 heterocycles. The van der Waals surface area contributed by atoms with Crippen molar-refractivity contribution in [1.29, 1.82) is 0 Å². The van der Waals surface area contributed by atoms with E-state index in [1.807, 2.05) is 78.0 Å². The molecule has 49 heavy (non-hydrogen) atoms. The van der Waals surface area contributed by atoms with E-state index in [-0.39, 0.29) is 29.1 Å². The van der Waals surface area contributed by atoms with Crippen LogP contribution in [-0.4, -0.2) is 50.3 Å². The van der Waals surface area contributed by atoms with Gasteiger partial charge in [0.1, 0.15) is 18.3 Å². The van der Waals surface area contributed by atoms with Gasteiger partial charge in [-0.2, -0.15) is 0 Å². The largest absolute Gasteiger partial charge is 0.459 e. The van der Waals surface area contributed by atoms with Gasteiger partial charge in [0.15, 0.2) is 11.6 Å². The van der Waals surface area contributed by atoms with E-state index in [2.05, 4.69) is 91.3 Å². The first-order valence-electron chi connectivity index (χ1n) is 17.3. The van der Waals surface area contributed by atoms with Crippen molar-refractivity contribution in [3.05, 3.63) is 107 Å². The van der Waals surface area contributed by atoms with Gasteiger partial charge in [-0.25, -0.2) is 0 Å². The number of benzene rings is 2. The SMILES string of the molecule is CC1=C\[C@@H](C)[C@@H]([C@@H](C)O[Si](c2ccccc2)(c2ccccc2)C(C)(C)C)OC(=O)CC/C=C/C(Br)=C/[C@@H]2OC(C)(C)O[C@@H]2[C@H](C)C(=O)\C=C\1. The van der Waals surface area contributed by atoms with Gasteiger partial charge in [0.25, 0.3) is 8.32 Å². The Morgan fingerprint density at radius 1 is 0.898 bits per heavy atom. The lowest BCUT2D eigenvalue weighted by molar-refractivity contribution is -0.156. The Morgan fingerprint density at radius 3 is 2.06 bits per heavy atom. The fourth-order valence-corrected chi connectivity index (χ4v) is 12.1. The molecule has 2 aromatic carbocycles. The molecule has 0 N–H and O–H groups in total. The quantitative estimate of drug-likeness (QED) is 0.226. The molecule has 0 radical (unpaired) electrons. The van der Waals surface area contributed by atoms with Crippen LogP contribution in [0.1, 0.15) is 75.2 Å². The minimum absolute atomic E-state index is 0.0516. The molecule has 0 saturated carbocycles. The predicted octanol–water partition coefficient (Wildman–Crippen LogP) is 8.36. The third kappa shape index (κ3) is 9.67. The Bertz CT molecular complexity index is 1520. The van der Waals surface area contributed by atoms with Crippen molar-refractivity contribution < 1.29 is 28.2 Å². The van der Waals surface area contributed by atoms with Gasteiger partial charge < -0.3 is 18.6 Å². The molecular weight excluding hydrogens is 696 g/mol. The van der Waals surface area contributed by atoms with Gasteiger partial charge in [0.05, 0.1) is 6.10 Å². The molecule has 6 atom stereocenters. The summed E-state index contributed by atoms with van der Waals surface area (Å²) in [5.41, 5.74) is 0.888. The summed E-state index contributed by atoms with van der Waals surface area (Å²) < 4.78 is 26.9. The van der Waals surface area contributed by atoms with Gasteiger partial charge in [-0.15, -0.1) is 0 Å². The van der Waals surface area contributed by atoms with Crippen molar-refractivity contribution in [2.75, 3.05) is 0 Å². The Morgan fingerprint density at radius 2 is 1.49 bits per heavy atom. The number of ketones is 1. The molecular formula is C41H53BrO6Si. The van der Waals surface area contributed by atoms with Gasteiger partial charge >= 0.3 is 5.97 Å². The smallest absolute Gasteiger partial charge is 0.306 e.